The minimum atomic E-state index is -0.741. The minimum Gasteiger partial charge on any atom is -0.361 e. The molecule has 0 radical (unpaired) electrons. The Kier molecular flexibility index (Phi) is 4.25. The van der Waals surface area contributed by atoms with E-state index in [4.69, 9.17) is 0 Å². The Morgan fingerprint density at radius 3 is 2.78 bits per heavy atom. The van der Waals surface area contributed by atoms with E-state index in [2.05, 4.69) is 20.5 Å². The molecule has 0 aliphatic rings. The number of aromatic nitrogens is 3. The summed E-state index contributed by atoms with van der Waals surface area (Å²) in [5.41, 5.74) is 4.69. The highest BCUT2D eigenvalue weighted by Gasteiger charge is 2.17. The van der Waals surface area contributed by atoms with E-state index in [-0.39, 0.29) is 5.56 Å². The van der Waals surface area contributed by atoms with Gasteiger partial charge in [0.05, 0.1) is 23.4 Å². The third kappa shape index (κ3) is 3.10. The first kappa shape index (κ1) is 16.7. The zero-order valence-electron chi connectivity index (χ0n) is 14.6. The molecule has 4 rings (SSSR count). The monoisotopic (exact) mass is 359 g/mol. The van der Waals surface area contributed by atoms with Crippen molar-refractivity contribution in [2.45, 2.75) is 13.0 Å². The fourth-order valence-electron chi connectivity index (χ4n) is 2.94. The summed E-state index contributed by atoms with van der Waals surface area (Å²) in [5, 5.41) is 5.51. The van der Waals surface area contributed by atoms with E-state index in [9.17, 15) is 9.59 Å². The van der Waals surface area contributed by atoms with Crippen LogP contribution in [0.2, 0.25) is 0 Å². The fourth-order valence-corrected chi connectivity index (χ4v) is 2.94. The van der Waals surface area contributed by atoms with E-state index < -0.39 is 11.9 Å². The summed E-state index contributed by atoms with van der Waals surface area (Å²) >= 11 is 0. The SMILES string of the molecule is C[C@@H](C(=O)NN=Cc1c[nH]c2ccccc12)n1cnc2ccccc2c1=O. The van der Waals surface area contributed by atoms with E-state index >= 15 is 0 Å². The third-order valence-corrected chi connectivity index (χ3v) is 4.49. The Morgan fingerprint density at radius 2 is 1.93 bits per heavy atom. The summed E-state index contributed by atoms with van der Waals surface area (Å²) in [6.45, 7) is 1.63. The van der Waals surface area contributed by atoms with Gasteiger partial charge in [-0.3, -0.25) is 14.2 Å². The number of fused-ring (bicyclic) bond motifs is 2. The number of amides is 1. The molecule has 0 saturated carbocycles. The predicted molar refractivity (Wildman–Crippen MR) is 105 cm³/mol. The van der Waals surface area contributed by atoms with Gasteiger partial charge in [0.2, 0.25) is 0 Å². The number of H-pyrrole nitrogens is 1. The van der Waals surface area contributed by atoms with Crippen molar-refractivity contribution in [2.75, 3.05) is 0 Å². The van der Waals surface area contributed by atoms with Gasteiger partial charge >= 0.3 is 0 Å². The predicted octanol–water partition coefficient (Wildman–Crippen LogP) is 2.59. The number of benzene rings is 2. The van der Waals surface area contributed by atoms with Gasteiger partial charge in [-0.1, -0.05) is 30.3 Å². The topological polar surface area (TPSA) is 92.1 Å². The van der Waals surface area contributed by atoms with Crippen LogP contribution in [0.1, 0.15) is 18.5 Å². The van der Waals surface area contributed by atoms with Gasteiger partial charge < -0.3 is 4.98 Å². The van der Waals surface area contributed by atoms with Crippen molar-refractivity contribution in [3.63, 3.8) is 0 Å². The van der Waals surface area contributed by atoms with Gasteiger partial charge in [-0.2, -0.15) is 5.10 Å². The molecule has 0 aliphatic heterocycles. The average molecular weight is 359 g/mol. The molecule has 0 aliphatic carbocycles. The number of hydrogen-bond acceptors (Lipinski definition) is 4. The smallest absolute Gasteiger partial charge is 0.262 e. The second kappa shape index (κ2) is 6.87. The van der Waals surface area contributed by atoms with Crippen molar-refractivity contribution in [1.29, 1.82) is 0 Å². The van der Waals surface area contributed by atoms with Gasteiger partial charge in [-0.25, -0.2) is 10.4 Å². The summed E-state index contributed by atoms with van der Waals surface area (Å²) in [5.74, 6) is -0.398. The van der Waals surface area contributed by atoms with Gasteiger partial charge in [0, 0.05) is 22.7 Å². The molecule has 1 amide bonds. The molecule has 0 fully saturated rings. The molecule has 2 N–H and O–H groups in total. The molecule has 1 atom stereocenters. The van der Waals surface area contributed by atoms with Crippen LogP contribution in [0.4, 0.5) is 0 Å². The second-order valence-electron chi connectivity index (χ2n) is 6.17. The van der Waals surface area contributed by atoms with Crippen molar-refractivity contribution in [1.82, 2.24) is 20.0 Å². The summed E-state index contributed by atoms with van der Waals surface area (Å²) in [6, 6.07) is 14.1. The Bertz CT molecular complexity index is 1220. The number of rotatable bonds is 4. The number of para-hydroxylation sites is 2. The van der Waals surface area contributed by atoms with Gasteiger partial charge in [0.25, 0.3) is 11.5 Å². The Morgan fingerprint density at radius 1 is 1.19 bits per heavy atom. The van der Waals surface area contributed by atoms with Crippen molar-refractivity contribution in [3.8, 4) is 0 Å². The maximum absolute atomic E-state index is 12.6. The van der Waals surface area contributed by atoms with Crippen LogP contribution >= 0.6 is 0 Å². The normalized spacial score (nSPS) is 12.6. The van der Waals surface area contributed by atoms with E-state index in [1.165, 1.54) is 10.9 Å². The molecule has 4 aromatic rings. The van der Waals surface area contributed by atoms with Gasteiger partial charge in [-0.15, -0.1) is 0 Å². The molecular weight excluding hydrogens is 342 g/mol. The van der Waals surface area contributed by atoms with Crippen molar-refractivity contribution < 1.29 is 4.79 Å². The Hall–Kier alpha value is -3.74. The zero-order valence-corrected chi connectivity index (χ0v) is 14.6. The number of carbonyl (C=O) groups is 1. The summed E-state index contributed by atoms with van der Waals surface area (Å²) in [6.07, 6.45) is 4.78. The zero-order chi connectivity index (χ0) is 18.8. The lowest BCUT2D eigenvalue weighted by Gasteiger charge is -2.13. The molecule has 2 heterocycles. The molecule has 0 spiro atoms. The number of nitrogens with zero attached hydrogens (tertiary/aromatic N) is 3. The highest BCUT2D eigenvalue weighted by atomic mass is 16.2. The van der Waals surface area contributed by atoms with Crippen LogP contribution in [0.5, 0.6) is 0 Å². The van der Waals surface area contributed by atoms with E-state index in [0.29, 0.717) is 10.9 Å². The molecule has 134 valence electrons. The second-order valence-corrected chi connectivity index (χ2v) is 6.17. The van der Waals surface area contributed by atoms with Gasteiger partial charge in [-0.05, 0) is 25.1 Å². The van der Waals surface area contributed by atoms with Gasteiger partial charge in [0.1, 0.15) is 6.04 Å². The Balaban J connectivity index is 1.53. The van der Waals surface area contributed by atoms with Crippen LogP contribution in [0.3, 0.4) is 0 Å². The van der Waals surface area contributed by atoms with Crippen LogP contribution in [-0.4, -0.2) is 26.7 Å². The van der Waals surface area contributed by atoms with E-state index in [1.807, 2.05) is 36.5 Å². The van der Waals surface area contributed by atoms with E-state index in [1.54, 1.807) is 31.3 Å². The fraction of sp³-hybridized carbons (Fsp3) is 0.100. The maximum atomic E-state index is 12.6. The number of hydrogen-bond donors (Lipinski definition) is 2. The molecule has 7 nitrogen and oxygen atoms in total. The highest BCUT2D eigenvalue weighted by molar-refractivity contribution is 5.99. The summed E-state index contributed by atoms with van der Waals surface area (Å²) < 4.78 is 1.30. The summed E-state index contributed by atoms with van der Waals surface area (Å²) in [4.78, 5) is 32.4. The first-order valence-corrected chi connectivity index (χ1v) is 8.50. The summed E-state index contributed by atoms with van der Waals surface area (Å²) in [7, 11) is 0. The Labute approximate surface area is 154 Å². The average Bonchev–Trinajstić information content (AvgIpc) is 3.11. The molecule has 0 bridgehead atoms. The van der Waals surface area contributed by atoms with E-state index in [0.717, 1.165) is 16.5 Å². The number of hydrazone groups is 1. The minimum absolute atomic E-state index is 0.260. The quantitative estimate of drug-likeness (QED) is 0.433. The third-order valence-electron chi connectivity index (χ3n) is 4.49. The lowest BCUT2D eigenvalue weighted by atomic mass is 10.2. The van der Waals surface area contributed by atoms with Gasteiger partial charge in [0.15, 0.2) is 0 Å². The molecule has 7 heteroatoms. The number of nitrogens with one attached hydrogen (secondary N) is 2. The lowest BCUT2D eigenvalue weighted by molar-refractivity contribution is -0.123. The molecule has 2 aromatic heterocycles. The van der Waals surface area contributed by atoms with Crippen LogP contribution in [0.15, 0.2) is 71.0 Å². The lowest BCUT2D eigenvalue weighted by Crippen LogP contribution is -2.33. The molecule has 27 heavy (non-hydrogen) atoms. The maximum Gasteiger partial charge on any atom is 0.262 e. The molecule has 2 aromatic carbocycles. The molecule has 0 unspecified atom stereocenters. The van der Waals surface area contributed by atoms with Crippen LogP contribution in [0, 0.1) is 0 Å². The molecular formula is C20H17N5O2. The van der Waals surface area contributed by atoms with Crippen LogP contribution < -0.4 is 11.0 Å². The number of carbonyl (C=O) groups excluding carboxylic acids is 1. The van der Waals surface area contributed by atoms with Crippen molar-refractivity contribution in [2.24, 2.45) is 5.10 Å². The highest BCUT2D eigenvalue weighted by Crippen LogP contribution is 2.15. The van der Waals surface area contributed by atoms with Crippen LogP contribution in [-0.2, 0) is 4.79 Å². The molecule has 0 saturated heterocycles. The van der Waals surface area contributed by atoms with Crippen molar-refractivity contribution >= 4 is 33.9 Å². The number of aromatic amines is 1. The van der Waals surface area contributed by atoms with Crippen molar-refractivity contribution in [3.05, 3.63) is 77.0 Å². The van der Waals surface area contributed by atoms with Crippen LogP contribution in [0.25, 0.3) is 21.8 Å². The first-order chi connectivity index (χ1) is 13.1. The first-order valence-electron chi connectivity index (χ1n) is 8.50. The standard InChI is InChI=1S/C20H17N5O2/c1-13(25-12-22-18-9-5-3-7-16(18)20(25)27)19(26)24-23-11-14-10-21-17-8-4-2-6-15(14)17/h2-13,21H,1H3,(H,24,26)/t13-/m0/s1. The largest absolute Gasteiger partial charge is 0.361 e.